The lowest BCUT2D eigenvalue weighted by molar-refractivity contribution is 0.0880. The van der Waals surface area contributed by atoms with Crippen LogP contribution in [0.3, 0.4) is 0 Å². The van der Waals surface area contributed by atoms with Crippen molar-refractivity contribution in [2.75, 3.05) is 5.73 Å². The Balaban J connectivity index is 2.11. The monoisotopic (exact) mass is 312 g/mol. The molecule has 8 heteroatoms. The molecule has 0 unspecified atom stereocenters. The smallest absolute Gasteiger partial charge is 0.262 e. The van der Waals surface area contributed by atoms with Gasteiger partial charge in [0.2, 0.25) is 0 Å². The highest BCUT2D eigenvalue weighted by molar-refractivity contribution is 6.23. The van der Waals surface area contributed by atoms with Crippen LogP contribution in [0.15, 0.2) is 35.3 Å². The summed E-state index contributed by atoms with van der Waals surface area (Å²) in [7, 11) is 0. The summed E-state index contributed by atoms with van der Waals surface area (Å²) in [5.41, 5.74) is 5.92. The van der Waals surface area contributed by atoms with Gasteiger partial charge in [-0.2, -0.15) is 0 Å². The molecule has 0 fully saturated rings. The van der Waals surface area contributed by atoms with Gasteiger partial charge in [-0.1, -0.05) is 0 Å². The van der Waals surface area contributed by atoms with E-state index in [1.165, 1.54) is 24.4 Å². The van der Waals surface area contributed by atoms with Crippen molar-refractivity contribution in [3.05, 3.63) is 57.8 Å². The van der Waals surface area contributed by atoms with E-state index in [9.17, 15) is 18.8 Å². The van der Waals surface area contributed by atoms with Gasteiger partial charge in [-0.05, 0) is 18.2 Å². The Labute approximate surface area is 127 Å². The third-order valence-electron chi connectivity index (χ3n) is 3.84. The summed E-state index contributed by atoms with van der Waals surface area (Å²) >= 11 is 0. The van der Waals surface area contributed by atoms with Crippen LogP contribution in [0.1, 0.15) is 20.7 Å². The highest BCUT2D eigenvalue weighted by Gasteiger charge is 2.32. The van der Waals surface area contributed by atoms with E-state index in [1.54, 1.807) is 0 Å². The third-order valence-corrected chi connectivity index (χ3v) is 3.84. The number of nitrogens with zero attached hydrogens (tertiary/aromatic N) is 1. The molecule has 1 aromatic carbocycles. The van der Waals surface area contributed by atoms with Crippen molar-refractivity contribution >= 4 is 28.5 Å². The molecule has 0 atom stereocenters. The minimum atomic E-state index is -0.666. The second-order valence-electron chi connectivity index (χ2n) is 5.11. The Bertz CT molecular complexity index is 1080. The predicted molar refractivity (Wildman–Crippen MR) is 80.1 cm³/mol. The van der Waals surface area contributed by atoms with Gasteiger partial charge in [0.25, 0.3) is 17.4 Å². The number of anilines is 1. The van der Waals surface area contributed by atoms with Gasteiger partial charge in [0.15, 0.2) is 0 Å². The van der Waals surface area contributed by atoms with Crippen molar-refractivity contribution in [3.8, 4) is 5.69 Å². The Hall–Kier alpha value is -3.42. The molecule has 4 rings (SSSR count). The van der Waals surface area contributed by atoms with Crippen molar-refractivity contribution in [2.24, 2.45) is 0 Å². The zero-order valence-corrected chi connectivity index (χ0v) is 11.5. The summed E-state index contributed by atoms with van der Waals surface area (Å²) in [5, 5.41) is 2.38. The average molecular weight is 312 g/mol. The molecule has 0 aliphatic carbocycles. The Morgan fingerprint density at radius 1 is 1.09 bits per heavy atom. The number of halogens is 1. The number of amides is 2. The summed E-state index contributed by atoms with van der Waals surface area (Å²) in [4.78, 5) is 38.8. The second-order valence-corrected chi connectivity index (χ2v) is 5.11. The van der Waals surface area contributed by atoms with Gasteiger partial charge in [-0.15, -0.1) is 0 Å². The summed E-state index contributed by atoms with van der Waals surface area (Å²) in [6, 6.07) is 5.16. The summed E-state index contributed by atoms with van der Waals surface area (Å²) in [6.07, 6.45) is 1.53. The Morgan fingerprint density at radius 3 is 2.65 bits per heavy atom. The van der Waals surface area contributed by atoms with E-state index < -0.39 is 23.2 Å². The van der Waals surface area contributed by atoms with Gasteiger partial charge in [0.1, 0.15) is 11.6 Å². The zero-order valence-electron chi connectivity index (χ0n) is 11.5. The second kappa shape index (κ2) is 4.29. The summed E-state index contributed by atoms with van der Waals surface area (Å²) in [6.45, 7) is 0. The van der Waals surface area contributed by atoms with Gasteiger partial charge >= 0.3 is 0 Å². The SMILES string of the molecule is Nc1c2c(cc(=O)n1-c1ccc(F)c3cc[nH]c13)C(=O)NC2=O. The standard InChI is InChI=1S/C15H9FN4O3/c16-8-1-2-9(12-6(8)3-4-18-12)20-10(21)5-7-11(13(20)17)15(23)19-14(7)22/h1-5,18H,17H2,(H,19,22,23). The quantitative estimate of drug-likeness (QED) is 0.580. The minimum absolute atomic E-state index is 0.0568. The van der Waals surface area contributed by atoms with Gasteiger partial charge < -0.3 is 10.7 Å². The van der Waals surface area contributed by atoms with Gasteiger partial charge in [-0.3, -0.25) is 24.3 Å². The molecule has 1 aliphatic rings. The fraction of sp³-hybridized carbons (Fsp3) is 0. The lowest BCUT2D eigenvalue weighted by Crippen LogP contribution is -2.24. The number of carbonyl (C=O) groups excluding carboxylic acids is 2. The number of rotatable bonds is 1. The molecule has 114 valence electrons. The van der Waals surface area contributed by atoms with Crippen LogP contribution in [-0.2, 0) is 0 Å². The molecule has 7 nitrogen and oxygen atoms in total. The van der Waals surface area contributed by atoms with Crippen LogP contribution < -0.4 is 16.6 Å². The molecule has 1 aliphatic heterocycles. The largest absolute Gasteiger partial charge is 0.384 e. The van der Waals surface area contributed by atoms with Crippen molar-refractivity contribution in [2.45, 2.75) is 0 Å². The van der Waals surface area contributed by atoms with Crippen molar-refractivity contribution in [3.63, 3.8) is 0 Å². The van der Waals surface area contributed by atoms with E-state index in [2.05, 4.69) is 10.3 Å². The number of aromatic nitrogens is 2. The van der Waals surface area contributed by atoms with E-state index >= 15 is 0 Å². The number of benzene rings is 1. The molecule has 4 N–H and O–H groups in total. The van der Waals surface area contributed by atoms with Crippen molar-refractivity contribution < 1.29 is 14.0 Å². The number of imide groups is 1. The third kappa shape index (κ3) is 1.65. The number of fused-ring (bicyclic) bond motifs is 2. The normalized spacial score (nSPS) is 13.4. The number of aromatic amines is 1. The fourth-order valence-electron chi connectivity index (χ4n) is 2.82. The van der Waals surface area contributed by atoms with E-state index in [4.69, 9.17) is 5.73 Å². The molecule has 0 spiro atoms. The van der Waals surface area contributed by atoms with Crippen molar-refractivity contribution in [1.29, 1.82) is 0 Å². The Morgan fingerprint density at radius 2 is 1.87 bits per heavy atom. The maximum absolute atomic E-state index is 13.8. The molecule has 0 bridgehead atoms. The molecule has 0 saturated carbocycles. The number of hydrogen-bond acceptors (Lipinski definition) is 4. The number of carbonyl (C=O) groups is 2. The molecule has 3 heterocycles. The van der Waals surface area contributed by atoms with E-state index in [0.29, 0.717) is 11.2 Å². The van der Waals surface area contributed by atoms with Crippen LogP contribution in [0.4, 0.5) is 10.2 Å². The topological polar surface area (TPSA) is 110 Å². The van der Waals surface area contributed by atoms with E-state index in [0.717, 1.165) is 10.6 Å². The molecule has 23 heavy (non-hydrogen) atoms. The lowest BCUT2D eigenvalue weighted by Gasteiger charge is -2.13. The molecule has 2 aromatic heterocycles. The van der Waals surface area contributed by atoms with Crippen LogP contribution in [0.2, 0.25) is 0 Å². The maximum Gasteiger partial charge on any atom is 0.262 e. The van der Waals surface area contributed by atoms with Crippen LogP contribution in [0.25, 0.3) is 16.6 Å². The van der Waals surface area contributed by atoms with Crippen molar-refractivity contribution in [1.82, 2.24) is 14.9 Å². The van der Waals surface area contributed by atoms with Gasteiger partial charge in [-0.25, -0.2) is 4.39 Å². The molecule has 3 aromatic rings. The molecular formula is C15H9FN4O3. The van der Waals surface area contributed by atoms with Crippen LogP contribution in [-0.4, -0.2) is 21.4 Å². The van der Waals surface area contributed by atoms with Crippen LogP contribution in [0, 0.1) is 5.82 Å². The first kappa shape index (κ1) is 13.3. The highest BCUT2D eigenvalue weighted by atomic mass is 19.1. The fourth-order valence-corrected chi connectivity index (χ4v) is 2.82. The number of H-pyrrole nitrogens is 1. The molecule has 0 saturated heterocycles. The first-order valence-corrected chi connectivity index (χ1v) is 6.66. The van der Waals surface area contributed by atoms with Gasteiger partial charge in [0, 0.05) is 17.6 Å². The Kier molecular flexibility index (Phi) is 2.47. The van der Waals surface area contributed by atoms with E-state index in [-0.39, 0.29) is 22.3 Å². The average Bonchev–Trinajstić information content (AvgIpc) is 3.08. The number of nitrogen functional groups attached to an aromatic ring is 1. The molecule has 2 amide bonds. The number of nitrogens with one attached hydrogen (secondary N) is 2. The minimum Gasteiger partial charge on any atom is -0.384 e. The first-order valence-electron chi connectivity index (χ1n) is 6.66. The first-order chi connectivity index (χ1) is 11.0. The maximum atomic E-state index is 13.8. The molecular weight excluding hydrogens is 303 g/mol. The summed E-state index contributed by atoms with van der Waals surface area (Å²) < 4.78 is 14.9. The summed E-state index contributed by atoms with van der Waals surface area (Å²) in [5.74, 6) is -1.95. The molecule has 0 radical (unpaired) electrons. The number of hydrogen-bond donors (Lipinski definition) is 3. The van der Waals surface area contributed by atoms with Crippen LogP contribution >= 0.6 is 0 Å². The predicted octanol–water partition coefficient (Wildman–Crippen LogP) is 0.924. The lowest BCUT2D eigenvalue weighted by atomic mass is 10.1. The van der Waals surface area contributed by atoms with E-state index in [1.807, 2.05) is 0 Å². The number of nitrogens with two attached hydrogens (primary N) is 1. The van der Waals surface area contributed by atoms with Crippen LogP contribution in [0.5, 0.6) is 0 Å². The number of pyridine rings is 1. The highest BCUT2D eigenvalue weighted by Crippen LogP contribution is 2.27. The van der Waals surface area contributed by atoms with Gasteiger partial charge in [0.05, 0.1) is 22.3 Å². The zero-order chi connectivity index (χ0) is 16.3.